The number of benzene rings is 2. The molecule has 128 valence electrons. The number of hydrogen-bond donors (Lipinski definition) is 1. The fraction of sp³-hybridized carbons (Fsp3) is 0.0909. The smallest absolute Gasteiger partial charge is 0.160 e. The molecule has 4 heteroatoms. The number of aldehydes is 1. The lowest BCUT2D eigenvalue weighted by molar-refractivity contribution is -0.104. The molecular weight excluding hydrogens is 322 g/mol. The number of carbonyl (C=O) groups is 1. The molecule has 26 heavy (non-hydrogen) atoms. The first-order valence-corrected chi connectivity index (χ1v) is 8.63. The van der Waals surface area contributed by atoms with Crippen LogP contribution in [0.1, 0.15) is 22.7 Å². The minimum absolute atomic E-state index is 0.299. The van der Waals surface area contributed by atoms with E-state index in [1.807, 2.05) is 36.4 Å². The number of aromatic nitrogens is 2. The van der Waals surface area contributed by atoms with Crippen LogP contribution in [0.2, 0.25) is 0 Å². The maximum Gasteiger partial charge on any atom is 0.160 e. The summed E-state index contributed by atoms with van der Waals surface area (Å²) in [7, 11) is 0. The van der Waals surface area contributed by atoms with Gasteiger partial charge in [-0.25, -0.2) is 4.68 Å². The van der Waals surface area contributed by atoms with Gasteiger partial charge >= 0.3 is 0 Å². The first-order valence-electron chi connectivity index (χ1n) is 8.63. The van der Waals surface area contributed by atoms with Gasteiger partial charge < -0.3 is 5.32 Å². The van der Waals surface area contributed by atoms with Crippen molar-refractivity contribution in [3.63, 3.8) is 0 Å². The zero-order chi connectivity index (χ0) is 17.8. The van der Waals surface area contributed by atoms with Crippen LogP contribution in [0.25, 0.3) is 12.3 Å². The Bertz CT molecular complexity index is 956. The Balaban J connectivity index is 1.71. The lowest BCUT2D eigenvalue weighted by Gasteiger charge is -2.18. The van der Waals surface area contributed by atoms with Crippen molar-refractivity contribution in [2.75, 3.05) is 5.32 Å². The average molecular weight is 341 g/mol. The van der Waals surface area contributed by atoms with Gasteiger partial charge in [0, 0.05) is 29.8 Å². The van der Waals surface area contributed by atoms with Crippen molar-refractivity contribution in [2.24, 2.45) is 0 Å². The summed E-state index contributed by atoms with van der Waals surface area (Å²) in [4.78, 5) is 10.8. The molecule has 1 aromatic heterocycles. The third kappa shape index (κ3) is 3.22. The molecule has 1 aliphatic carbocycles. The van der Waals surface area contributed by atoms with Crippen LogP contribution >= 0.6 is 0 Å². The summed E-state index contributed by atoms with van der Waals surface area (Å²) >= 11 is 0. The Hall–Kier alpha value is -3.40. The summed E-state index contributed by atoms with van der Waals surface area (Å²) in [6.45, 7) is 0. The van der Waals surface area contributed by atoms with Gasteiger partial charge in [0.1, 0.15) is 6.29 Å². The minimum Gasteiger partial charge on any atom is -0.338 e. The van der Waals surface area contributed by atoms with Crippen LogP contribution in [-0.2, 0) is 11.2 Å². The van der Waals surface area contributed by atoms with Crippen LogP contribution in [0.5, 0.6) is 0 Å². The second-order valence-electron chi connectivity index (χ2n) is 6.20. The second kappa shape index (κ2) is 7.23. The molecule has 1 unspecified atom stereocenters. The molecule has 0 amide bonds. The number of carbonyl (C=O) groups excluding carboxylic acids is 1. The SMILES string of the molecule is O=CC=Cn1nc(Nc2ccccc2)c2c1CC(c1ccccc1)C=C2. The number of nitrogens with zero attached hydrogens (tertiary/aromatic N) is 2. The largest absolute Gasteiger partial charge is 0.338 e. The average Bonchev–Trinajstić information content (AvgIpc) is 3.04. The summed E-state index contributed by atoms with van der Waals surface area (Å²) in [5.74, 6) is 1.10. The lowest BCUT2D eigenvalue weighted by Crippen LogP contribution is -2.08. The molecule has 0 aliphatic heterocycles. The minimum atomic E-state index is 0.299. The Kier molecular flexibility index (Phi) is 4.48. The van der Waals surface area contributed by atoms with Crippen LogP contribution in [0, 0.1) is 0 Å². The fourth-order valence-electron chi connectivity index (χ4n) is 3.27. The molecule has 3 aromatic rings. The van der Waals surface area contributed by atoms with Crippen molar-refractivity contribution in [1.29, 1.82) is 0 Å². The summed E-state index contributed by atoms with van der Waals surface area (Å²) in [5.41, 5.74) is 4.42. The molecule has 0 saturated carbocycles. The molecule has 0 fully saturated rings. The van der Waals surface area contributed by atoms with E-state index in [0.29, 0.717) is 5.92 Å². The number of nitrogens with one attached hydrogen (secondary N) is 1. The number of para-hydroxylation sites is 1. The molecule has 1 N–H and O–H groups in total. The van der Waals surface area contributed by atoms with E-state index in [1.165, 1.54) is 11.6 Å². The number of rotatable bonds is 5. The summed E-state index contributed by atoms with van der Waals surface area (Å²) in [5, 5.41) is 8.04. The third-order valence-electron chi connectivity index (χ3n) is 4.53. The van der Waals surface area contributed by atoms with Crippen LogP contribution < -0.4 is 5.32 Å². The van der Waals surface area contributed by atoms with Crippen molar-refractivity contribution >= 4 is 30.1 Å². The van der Waals surface area contributed by atoms with E-state index >= 15 is 0 Å². The topological polar surface area (TPSA) is 46.9 Å². The van der Waals surface area contributed by atoms with Crippen molar-refractivity contribution in [2.45, 2.75) is 12.3 Å². The van der Waals surface area contributed by atoms with E-state index in [4.69, 9.17) is 0 Å². The molecule has 0 bridgehead atoms. The van der Waals surface area contributed by atoms with Gasteiger partial charge in [0.05, 0.1) is 5.69 Å². The van der Waals surface area contributed by atoms with Crippen LogP contribution in [0.4, 0.5) is 11.5 Å². The van der Waals surface area contributed by atoms with Crippen LogP contribution in [0.15, 0.2) is 72.8 Å². The predicted molar refractivity (Wildman–Crippen MR) is 105 cm³/mol. The molecule has 2 aromatic carbocycles. The standard InChI is InChI=1S/C22H19N3O/c26-15-7-14-25-21-16-18(17-8-3-1-4-9-17)12-13-20(21)22(24-25)23-19-10-5-2-6-11-19/h1-15,18H,16H2,(H,23,24). The normalized spacial score (nSPS) is 15.8. The van der Waals surface area contributed by atoms with E-state index < -0.39 is 0 Å². The van der Waals surface area contributed by atoms with Gasteiger partial charge in [-0.15, -0.1) is 5.10 Å². The molecule has 0 radical (unpaired) electrons. The highest BCUT2D eigenvalue weighted by Crippen LogP contribution is 2.34. The molecule has 4 rings (SSSR count). The van der Waals surface area contributed by atoms with E-state index in [2.05, 4.69) is 46.8 Å². The van der Waals surface area contributed by atoms with Crippen LogP contribution in [-0.4, -0.2) is 16.1 Å². The highest BCUT2D eigenvalue weighted by molar-refractivity contribution is 5.75. The van der Waals surface area contributed by atoms with Gasteiger partial charge in [0.2, 0.25) is 0 Å². The molecule has 1 atom stereocenters. The van der Waals surface area contributed by atoms with Gasteiger partial charge in [-0.3, -0.25) is 4.79 Å². The van der Waals surface area contributed by atoms with Crippen molar-refractivity contribution in [3.05, 3.63) is 89.6 Å². The Morgan fingerprint density at radius 3 is 2.50 bits per heavy atom. The van der Waals surface area contributed by atoms with E-state index in [1.54, 1.807) is 10.9 Å². The first kappa shape index (κ1) is 16.1. The lowest BCUT2D eigenvalue weighted by atomic mass is 9.88. The Labute approximate surface area is 152 Å². The molecule has 1 aliphatic rings. The van der Waals surface area contributed by atoms with E-state index in [0.717, 1.165) is 35.5 Å². The monoisotopic (exact) mass is 341 g/mol. The maximum absolute atomic E-state index is 10.8. The summed E-state index contributed by atoms with van der Waals surface area (Å²) in [6, 6.07) is 20.4. The van der Waals surface area contributed by atoms with Crippen molar-refractivity contribution < 1.29 is 4.79 Å². The predicted octanol–water partition coefficient (Wildman–Crippen LogP) is 4.65. The maximum atomic E-state index is 10.8. The van der Waals surface area contributed by atoms with Crippen LogP contribution in [0.3, 0.4) is 0 Å². The number of allylic oxidation sites excluding steroid dienone is 2. The first-order chi connectivity index (χ1) is 12.8. The molecule has 4 nitrogen and oxygen atoms in total. The quantitative estimate of drug-likeness (QED) is 0.543. The number of fused-ring (bicyclic) bond motifs is 1. The molecule has 0 spiro atoms. The zero-order valence-corrected chi connectivity index (χ0v) is 14.2. The number of hydrogen-bond acceptors (Lipinski definition) is 3. The van der Waals surface area contributed by atoms with Gasteiger partial charge in [0.25, 0.3) is 0 Å². The molecule has 1 heterocycles. The third-order valence-corrected chi connectivity index (χ3v) is 4.53. The highest BCUT2D eigenvalue weighted by Gasteiger charge is 2.23. The zero-order valence-electron chi connectivity index (χ0n) is 14.2. The van der Waals surface area contributed by atoms with Gasteiger partial charge in [0.15, 0.2) is 5.82 Å². The summed E-state index contributed by atoms with van der Waals surface area (Å²) < 4.78 is 1.80. The van der Waals surface area contributed by atoms with E-state index in [-0.39, 0.29) is 0 Å². The molecular formula is C22H19N3O. The van der Waals surface area contributed by atoms with Gasteiger partial charge in [-0.05, 0) is 23.8 Å². The van der Waals surface area contributed by atoms with Gasteiger partial charge in [-0.2, -0.15) is 0 Å². The highest BCUT2D eigenvalue weighted by atomic mass is 16.1. The molecule has 0 saturated heterocycles. The van der Waals surface area contributed by atoms with Crippen molar-refractivity contribution in [1.82, 2.24) is 9.78 Å². The summed E-state index contributed by atoms with van der Waals surface area (Å²) in [6.07, 6.45) is 9.14. The Morgan fingerprint density at radius 2 is 1.77 bits per heavy atom. The van der Waals surface area contributed by atoms with E-state index in [9.17, 15) is 4.79 Å². The number of anilines is 2. The van der Waals surface area contributed by atoms with Gasteiger partial charge in [-0.1, -0.05) is 60.7 Å². The fourth-order valence-corrected chi connectivity index (χ4v) is 3.27. The second-order valence-corrected chi connectivity index (χ2v) is 6.20. The van der Waals surface area contributed by atoms with Crippen molar-refractivity contribution in [3.8, 4) is 0 Å². The Morgan fingerprint density at radius 1 is 1.04 bits per heavy atom.